The van der Waals surface area contributed by atoms with Crippen LogP contribution in [0.15, 0.2) is 60.7 Å². The minimum absolute atomic E-state index is 0.168. The molecule has 0 saturated carbocycles. The maximum absolute atomic E-state index is 13.8. The van der Waals surface area contributed by atoms with Gasteiger partial charge in [-0.1, -0.05) is 74.5 Å². The molecular formula is C25H32N4O3. The van der Waals surface area contributed by atoms with E-state index in [0.717, 1.165) is 24.1 Å². The van der Waals surface area contributed by atoms with Crippen molar-refractivity contribution in [3.05, 3.63) is 71.8 Å². The standard InChI is InChI=1S/C25H32N4O3/c1-17(2)15-21(28-24(31)20-13-14-27-20)25(32)29(16-22(26)30)23(18-9-5-3-6-10-18)19-11-7-4-8-12-19/h3-12,17,20-21,23,27H,13-16H2,1-2H3,(H2,26,30)(H,28,31)/t20?,21-/m0/s1. The van der Waals surface area contributed by atoms with Crippen molar-refractivity contribution >= 4 is 17.7 Å². The molecule has 0 aromatic heterocycles. The Morgan fingerprint density at radius 1 is 1.03 bits per heavy atom. The third-order valence-electron chi connectivity index (χ3n) is 5.61. The van der Waals surface area contributed by atoms with Gasteiger partial charge in [-0.25, -0.2) is 0 Å². The molecule has 3 amide bonds. The molecule has 0 aliphatic carbocycles. The fourth-order valence-corrected chi connectivity index (χ4v) is 3.97. The number of nitrogens with zero attached hydrogens (tertiary/aromatic N) is 1. The quantitative estimate of drug-likeness (QED) is 0.530. The maximum atomic E-state index is 13.8. The van der Waals surface area contributed by atoms with Gasteiger partial charge < -0.3 is 21.3 Å². The minimum Gasteiger partial charge on any atom is -0.368 e. The zero-order chi connectivity index (χ0) is 23.1. The number of amides is 3. The summed E-state index contributed by atoms with van der Waals surface area (Å²) in [6.07, 6.45) is 1.21. The molecule has 0 bridgehead atoms. The van der Waals surface area contributed by atoms with Gasteiger partial charge in [0.25, 0.3) is 0 Å². The summed E-state index contributed by atoms with van der Waals surface area (Å²) in [5.74, 6) is -0.945. The van der Waals surface area contributed by atoms with Crippen molar-refractivity contribution in [2.24, 2.45) is 11.7 Å². The lowest BCUT2D eigenvalue weighted by molar-refractivity contribution is -0.141. The van der Waals surface area contributed by atoms with Crippen LogP contribution in [0.5, 0.6) is 0 Å². The van der Waals surface area contributed by atoms with Crippen LogP contribution in [-0.4, -0.2) is 47.8 Å². The van der Waals surface area contributed by atoms with Gasteiger partial charge in [-0.15, -0.1) is 0 Å². The van der Waals surface area contributed by atoms with Crippen LogP contribution in [0.4, 0.5) is 0 Å². The van der Waals surface area contributed by atoms with E-state index >= 15 is 0 Å². The molecule has 1 heterocycles. The number of rotatable bonds is 10. The highest BCUT2D eigenvalue weighted by Crippen LogP contribution is 2.29. The number of nitrogens with two attached hydrogens (primary N) is 1. The first-order valence-electron chi connectivity index (χ1n) is 11.1. The van der Waals surface area contributed by atoms with Gasteiger partial charge in [0.05, 0.1) is 12.1 Å². The van der Waals surface area contributed by atoms with Crippen molar-refractivity contribution in [1.82, 2.24) is 15.5 Å². The topological polar surface area (TPSA) is 105 Å². The van der Waals surface area contributed by atoms with Gasteiger partial charge in [0.15, 0.2) is 0 Å². The van der Waals surface area contributed by atoms with E-state index in [1.165, 1.54) is 4.90 Å². The predicted octanol–water partition coefficient (Wildman–Crippen LogP) is 1.98. The molecule has 1 aliphatic rings. The van der Waals surface area contributed by atoms with E-state index in [2.05, 4.69) is 10.6 Å². The molecule has 7 nitrogen and oxygen atoms in total. The highest BCUT2D eigenvalue weighted by Gasteiger charge is 2.35. The van der Waals surface area contributed by atoms with Crippen LogP contribution in [0.1, 0.15) is 43.9 Å². The molecule has 2 aromatic carbocycles. The Morgan fingerprint density at radius 3 is 1.97 bits per heavy atom. The Balaban J connectivity index is 1.98. The van der Waals surface area contributed by atoms with E-state index in [4.69, 9.17) is 5.73 Å². The van der Waals surface area contributed by atoms with E-state index in [-0.39, 0.29) is 30.3 Å². The van der Waals surface area contributed by atoms with E-state index in [0.29, 0.717) is 6.42 Å². The Bertz CT molecular complexity index is 874. The summed E-state index contributed by atoms with van der Waals surface area (Å²) in [4.78, 5) is 40.0. The third kappa shape index (κ3) is 5.95. The Morgan fingerprint density at radius 2 is 1.56 bits per heavy atom. The monoisotopic (exact) mass is 436 g/mol. The van der Waals surface area contributed by atoms with Gasteiger partial charge in [0.2, 0.25) is 17.7 Å². The van der Waals surface area contributed by atoms with Crippen LogP contribution in [0.25, 0.3) is 0 Å². The average molecular weight is 437 g/mol. The van der Waals surface area contributed by atoms with Crippen LogP contribution < -0.4 is 16.4 Å². The molecule has 3 rings (SSSR count). The molecule has 7 heteroatoms. The van der Waals surface area contributed by atoms with Gasteiger partial charge in [0, 0.05) is 0 Å². The smallest absolute Gasteiger partial charge is 0.246 e. The third-order valence-corrected chi connectivity index (χ3v) is 5.61. The maximum Gasteiger partial charge on any atom is 0.246 e. The van der Waals surface area contributed by atoms with Gasteiger partial charge in [-0.3, -0.25) is 14.4 Å². The summed E-state index contributed by atoms with van der Waals surface area (Å²) in [6, 6.07) is 17.6. The normalized spacial score (nSPS) is 16.3. The number of nitrogens with one attached hydrogen (secondary N) is 2. The summed E-state index contributed by atoms with van der Waals surface area (Å²) in [7, 11) is 0. The highest BCUT2D eigenvalue weighted by molar-refractivity contribution is 5.92. The molecule has 0 spiro atoms. The predicted molar refractivity (Wildman–Crippen MR) is 123 cm³/mol. The van der Waals surface area contributed by atoms with Crippen molar-refractivity contribution in [2.75, 3.05) is 13.1 Å². The molecule has 1 aliphatic heterocycles. The van der Waals surface area contributed by atoms with E-state index < -0.39 is 18.0 Å². The van der Waals surface area contributed by atoms with Gasteiger partial charge in [-0.2, -0.15) is 0 Å². The second kappa shape index (κ2) is 10.9. The largest absolute Gasteiger partial charge is 0.368 e. The fourth-order valence-electron chi connectivity index (χ4n) is 3.97. The highest BCUT2D eigenvalue weighted by atomic mass is 16.2. The lowest BCUT2D eigenvalue weighted by Gasteiger charge is -2.36. The summed E-state index contributed by atoms with van der Waals surface area (Å²) in [6.45, 7) is 4.54. The summed E-state index contributed by atoms with van der Waals surface area (Å²) in [5, 5.41) is 5.98. The lowest BCUT2D eigenvalue weighted by Crippen LogP contribution is -2.58. The second-order valence-corrected chi connectivity index (χ2v) is 8.64. The average Bonchev–Trinajstić information content (AvgIpc) is 2.72. The van der Waals surface area contributed by atoms with Crippen molar-refractivity contribution < 1.29 is 14.4 Å². The van der Waals surface area contributed by atoms with Crippen LogP contribution in [0.2, 0.25) is 0 Å². The second-order valence-electron chi connectivity index (χ2n) is 8.64. The molecule has 32 heavy (non-hydrogen) atoms. The van der Waals surface area contributed by atoms with Crippen LogP contribution in [0, 0.1) is 5.92 Å². The number of hydrogen-bond acceptors (Lipinski definition) is 4. The van der Waals surface area contributed by atoms with Crippen molar-refractivity contribution in [1.29, 1.82) is 0 Å². The molecule has 0 radical (unpaired) electrons. The van der Waals surface area contributed by atoms with Crippen molar-refractivity contribution in [3.63, 3.8) is 0 Å². The van der Waals surface area contributed by atoms with Gasteiger partial charge >= 0.3 is 0 Å². The summed E-state index contributed by atoms with van der Waals surface area (Å²) < 4.78 is 0. The van der Waals surface area contributed by atoms with Crippen LogP contribution in [0.3, 0.4) is 0 Å². The number of hydrogen-bond donors (Lipinski definition) is 3. The first-order valence-corrected chi connectivity index (χ1v) is 11.1. The van der Waals surface area contributed by atoms with E-state index in [1.807, 2.05) is 74.5 Å². The molecule has 1 saturated heterocycles. The number of benzene rings is 2. The molecule has 170 valence electrons. The number of carbonyl (C=O) groups excluding carboxylic acids is 3. The first kappa shape index (κ1) is 23.5. The van der Waals surface area contributed by atoms with Crippen LogP contribution >= 0.6 is 0 Å². The van der Waals surface area contributed by atoms with Crippen molar-refractivity contribution in [3.8, 4) is 0 Å². The van der Waals surface area contributed by atoms with E-state index in [9.17, 15) is 14.4 Å². The van der Waals surface area contributed by atoms with Gasteiger partial charge in [0.1, 0.15) is 12.6 Å². The Labute approximate surface area is 189 Å². The Kier molecular flexibility index (Phi) is 8.00. The summed E-state index contributed by atoms with van der Waals surface area (Å²) >= 11 is 0. The molecule has 2 atom stereocenters. The van der Waals surface area contributed by atoms with Crippen molar-refractivity contribution in [2.45, 2.75) is 44.8 Å². The zero-order valence-electron chi connectivity index (χ0n) is 18.7. The minimum atomic E-state index is -0.751. The molecule has 2 aromatic rings. The molecule has 4 N–H and O–H groups in total. The number of carbonyl (C=O) groups is 3. The first-order chi connectivity index (χ1) is 15.4. The zero-order valence-corrected chi connectivity index (χ0v) is 18.7. The van der Waals surface area contributed by atoms with Crippen LogP contribution in [-0.2, 0) is 14.4 Å². The fraction of sp³-hybridized carbons (Fsp3) is 0.400. The van der Waals surface area contributed by atoms with E-state index in [1.54, 1.807) is 0 Å². The Hall–Kier alpha value is -3.19. The molecule has 1 fully saturated rings. The number of primary amides is 1. The summed E-state index contributed by atoms with van der Waals surface area (Å²) in [5.41, 5.74) is 7.31. The molecule has 1 unspecified atom stereocenters. The lowest BCUT2D eigenvalue weighted by atomic mass is 9.94. The SMILES string of the molecule is CC(C)C[C@H](NC(=O)C1CCN1)C(=O)N(CC(N)=O)C(c1ccccc1)c1ccccc1. The molecular weight excluding hydrogens is 404 g/mol. The van der Waals surface area contributed by atoms with Gasteiger partial charge in [-0.05, 0) is 36.4 Å².